The second kappa shape index (κ2) is 4.73. The van der Waals surface area contributed by atoms with Crippen molar-refractivity contribution in [1.29, 1.82) is 0 Å². The van der Waals surface area contributed by atoms with E-state index in [1.165, 1.54) is 6.08 Å². The van der Waals surface area contributed by atoms with Crippen molar-refractivity contribution in [2.45, 2.75) is 19.9 Å². The summed E-state index contributed by atoms with van der Waals surface area (Å²) in [5.74, 6) is -0.234. The highest BCUT2D eigenvalue weighted by molar-refractivity contribution is 5.90. The highest BCUT2D eigenvalue weighted by Crippen LogP contribution is 1.77. The van der Waals surface area contributed by atoms with Crippen molar-refractivity contribution in [3.05, 3.63) is 12.2 Å². The van der Waals surface area contributed by atoms with Crippen LogP contribution in [0.4, 0.5) is 0 Å². The summed E-state index contributed by atoms with van der Waals surface area (Å²) in [6, 6.07) is 0.115. The number of carbonyl (C=O) groups excluding carboxylic acids is 2. The summed E-state index contributed by atoms with van der Waals surface area (Å²) in [5, 5.41) is 2.59. The Balaban J connectivity index is 3.64. The molecule has 0 aromatic carbocycles. The third kappa shape index (κ3) is 5.03. The lowest BCUT2D eigenvalue weighted by molar-refractivity contribution is -0.117. The molecule has 1 amide bonds. The van der Waals surface area contributed by atoms with Crippen LogP contribution >= 0.6 is 0 Å². The van der Waals surface area contributed by atoms with Gasteiger partial charge in [-0.3, -0.25) is 9.59 Å². The van der Waals surface area contributed by atoms with Crippen LogP contribution in [-0.2, 0) is 9.59 Å². The van der Waals surface area contributed by atoms with Gasteiger partial charge in [0.15, 0.2) is 0 Å². The second-order valence-electron chi connectivity index (χ2n) is 2.16. The highest BCUT2D eigenvalue weighted by atomic mass is 16.1. The predicted molar refractivity (Wildman–Crippen MR) is 38.5 cm³/mol. The third-order valence-corrected chi connectivity index (χ3v) is 0.757. The number of rotatable bonds is 3. The van der Waals surface area contributed by atoms with Gasteiger partial charge in [0.1, 0.15) is 6.29 Å². The minimum Gasteiger partial charge on any atom is -0.350 e. The molecule has 0 fully saturated rings. The van der Waals surface area contributed by atoms with E-state index in [2.05, 4.69) is 5.32 Å². The van der Waals surface area contributed by atoms with Gasteiger partial charge < -0.3 is 5.32 Å². The summed E-state index contributed by atoms with van der Waals surface area (Å²) in [6.07, 6.45) is 2.94. The maximum atomic E-state index is 10.7. The van der Waals surface area contributed by atoms with E-state index in [9.17, 15) is 9.59 Å². The van der Waals surface area contributed by atoms with Gasteiger partial charge in [0.2, 0.25) is 5.91 Å². The molecule has 0 aliphatic heterocycles. The fourth-order valence-electron chi connectivity index (χ4n) is 0.459. The summed E-state index contributed by atoms with van der Waals surface area (Å²) >= 11 is 0. The van der Waals surface area contributed by atoms with Crippen LogP contribution < -0.4 is 5.32 Å². The second-order valence-corrected chi connectivity index (χ2v) is 2.16. The Hall–Kier alpha value is -1.12. The van der Waals surface area contributed by atoms with E-state index in [4.69, 9.17) is 0 Å². The molecule has 0 unspecified atom stereocenters. The highest BCUT2D eigenvalue weighted by Gasteiger charge is 1.95. The topological polar surface area (TPSA) is 46.2 Å². The lowest BCUT2D eigenvalue weighted by Gasteiger charge is -2.03. The van der Waals surface area contributed by atoms with Crippen molar-refractivity contribution >= 4 is 12.2 Å². The number of amides is 1. The molecule has 0 atom stereocenters. The summed E-state index contributed by atoms with van der Waals surface area (Å²) in [7, 11) is 0. The maximum absolute atomic E-state index is 10.7. The maximum Gasteiger partial charge on any atom is 0.244 e. The first-order valence-corrected chi connectivity index (χ1v) is 3.09. The molecule has 3 nitrogen and oxygen atoms in total. The molecule has 0 radical (unpaired) electrons. The van der Waals surface area contributed by atoms with E-state index >= 15 is 0 Å². The zero-order chi connectivity index (χ0) is 7.98. The van der Waals surface area contributed by atoms with Gasteiger partial charge in [-0.25, -0.2) is 0 Å². The molecular weight excluding hydrogens is 130 g/mol. The first-order valence-electron chi connectivity index (χ1n) is 3.09. The van der Waals surface area contributed by atoms with E-state index in [0.717, 1.165) is 6.08 Å². The van der Waals surface area contributed by atoms with Crippen LogP contribution in [0.5, 0.6) is 0 Å². The molecule has 0 saturated carbocycles. The third-order valence-electron chi connectivity index (χ3n) is 0.757. The number of carbonyl (C=O) groups is 2. The van der Waals surface area contributed by atoms with E-state index in [-0.39, 0.29) is 11.9 Å². The molecule has 0 heterocycles. The van der Waals surface area contributed by atoms with Crippen molar-refractivity contribution in [3.63, 3.8) is 0 Å². The van der Waals surface area contributed by atoms with Crippen molar-refractivity contribution in [2.75, 3.05) is 0 Å². The summed E-state index contributed by atoms with van der Waals surface area (Å²) in [4.78, 5) is 20.4. The fraction of sp³-hybridized carbons (Fsp3) is 0.429. The molecule has 0 aliphatic rings. The molecular formula is C7H11NO2. The molecule has 1 N–H and O–H groups in total. The smallest absolute Gasteiger partial charge is 0.244 e. The Morgan fingerprint density at radius 2 is 2.10 bits per heavy atom. The van der Waals surface area contributed by atoms with E-state index in [1.807, 2.05) is 13.8 Å². The molecule has 0 rings (SSSR count). The van der Waals surface area contributed by atoms with Gasteiger partial charge in [-0.05, 0) is 19.9 Å². The van der Waals surface area contributed by atoms with Crippen LogP contribution in [0.3, 0.4) is 0 Å². The number of nitrogens with one attached hydrogen (secondary N) is 1. The normalized spacial score (nSPS) is 10.3. The van der Waals surface area contributed by atoms with Crippen LogP contribution in [0.2, 0.25) is 0 Å². The zero-order valence-corrected chi connectivity index (χ0v) is 6.13. The van der Waals surface area contributed by atoms with Crippen molar-refractivity contribution < 1.29 is 9.59 Å². The Kier molecular flexibility index (Phi) is 4.20. The van der Waals surface area contributed by atoms with Crippen LogP contribution in [0.25, 0.3) is 0 Å². The Labute approximate surface area is 60.1 Å². The van der Waals surface area contributed by atoms with Gasteiger partial charge in [0, 0.05) is 12.1 Å². The minimum absolute atomic E-state index is 0.115. The van der Waals surface area contributed by atoms with Gasteiger partial charge in [-0.2, -0.15) is 0 Å². The van der Waals surface area contributed by atoms with Crippen LogP contribution in [0, 0.1) is 0 Å². The number of allylic oxidation sites excluding steroid dienone is 1. The Morgan fingerprint density at radius 1 is 1.50 bits per heavy atom. The molecule has 0 aromatic heterocycles. The molecule has 0 aromatic rings. The quantitative estimate of drug-likeness (QED) is 0.453. The summed E-state index contributed by atoms with van der Waals surface area (Å²) in [5.41, 5.74) is 0. The van der Waals surface area contributed by atoms with Crippen LogP contribution in [0.15, 0.2) is 12.2 Å². The van der Waals surface area contributed by atoms with Gasteiger partial charge in [-0.1, -0.05) is 0 Å². The summed E-state index contributed by atoms with van der Waals surface area (Å²) in [6.45, 7) is 3.71. The van der Waals surface area contributed by atoms with Crippen molar-refractivity contribution in [3.8, 4) is 0 Å². The lowest BCUT2D eigenvalue weighted by atomic mass is 10.4. The average molecular weight is 141 g/mol. The van der Waals surface area contributed by atoms with E-state index in [0.29, 0.717) is 6.29 Å². The van der Waals surface area contributed by atoms with Crippen molar-refractivity contribution in [2.24, 2.45) is 0 Å². The van der Waals surface area contributed by atoms with Crippen LogP contribution in [0.1, 0.15) is 13.8 Å². The molecule has 56 valence electrons. The minimum atomic E-state index is -0.234. The van der Waals surface area contributed by atoms with Gasteiger partial charge in [0.25, 0.3) is 0 Å². The summed E-state index contributed by atoms with van der Waals surface area (Å²) < 4.78 is 0. The first kappa shape index (κ1) is 8.88. The van der Waals surface area contributed by atoms with Gasteiger partial charge in [0.05, 0.1) is 0 Å². The molecule has 3 heteroatoms. The Morgan fingerprint density at radius 3 is 2.50 bits per heavy atom. The number of aldehydes is 1. The monoisotopic (exact) mass is 141 g/mol. The van der Waals surface area contributed by atoms with Gasteiger partial charge >= 0.3 is 0 Å². The van der Waals surface area contributed by atoms with Gasteiger partial charge in [-0.15, -0.1) is 0 Å². The van der Waals surface area contributed by atoms with E-state index in [1.54, 1.807) is 0 Å². The SMILES string of the molecule is CC(C)NC(=O)/C=C\C=O. The van der Waals surface area contributed by atoms with Crippen molar-refractivity contribution in [1.82, 2.24) is 5.32 Å². The Bertz CT molecular complexity index is 150. The van der Waals surface area contributed by atoms with E-state index < -0.39 is 0 Å². The largest absolute Gasteiger partial charge is 0.350 e. The molecule has 0 bridgehead atoms. The first-order chi connectivity index (χ1) is 4.66. The number of hydrogen-bond acceptors (Lipinski definition) is 2. The molecule has 0 saturated heterocycles. The molecule has 10 heavy (non-hydrogen) atoms. The number of hydrogen-bond donors (Lipinski definition) is 1. The average Bonchev–Trinajstić information content (AvgIpc) is 1.82. The molecule has 0 spiro atoms. The zero-order valence-electron chi connectivity index (χ0n) is 6.13. The standard InChI is InChI=1S/C7H11NO2/c1-6(2)8-7(10)4-3-5-9/h3-6H,1-2H3,(H,8,10)/b4-3-. The predicted octanol–water partition coefficient (Wildman–Crippen LogP) is 0.266. The molecule has 0 aliphatic carbocycles. The lowest BCUT2D eigenvalue weighted by Crippen LogP contribution is -2.28. The fourth-order valence-corrected chi connectivity index (χ4v) is 0.459. The van der Waals surface area contributed by atoms with Crippen LogP contribution in [-0.4, -0.2) is 18.2 Å².